The predicted octanol–water partition coefficient (Wildman–Crippen LogP) is 4.36. The number of rotatable bonds is 6. The number of aromatic nitrogens is 1. The van der Waals surface area contributed by atoms with Crippen LogP contribution in [0.1, 0.15) is 37.0 Å². The zero-order chi connectivity index (χ0) is 17.5. The van der Waals surface area contributed by atoms with Crippen LogP contribution in [0.4, 0.5) is 11.5 Å². The monoisotopic (exact) mass is 345 g/mol. The Morgan fingerprint density at radius 1 is 1.12 bits per heavy atom. The molecular weight excluding hydrogens is 326 g/mol. The maximum Gasteiger partial charge on any atom is 0.256 e. The second-order valence-corrected chi connectivity index (χ2v) is 5.84. The van der Waals surface area contributed by atoms with Crippen LogP contribution in [-0.4, -0.2) is 16.8 Å². The Hall–Kier alpha value is -2.40. The molecule has 0 aliphatic carbocycles. The molecule has 126 valence electrons. The quantitative estimate of drug-likeness (QED) is 0.817. The predicted molar refractivity (Wildman–Crippen MR) is 96.3 cm³/mol. The van der Waals surface area contributed by atoms with Crippen molar-refractivity contribution in [2.75, 3.05) is 10.6 Å². The van der Waals surface area contributed by atoms with Gasteiger partial charge in [-0.05, 0) is 43.2 Å². The molecule has 2 N–H and O–H groups in total. The first-order chi connectivity index (χ1) is 11.5. The largest absolute Gasteiger partial charge is 0.326 e. The van der Waals surface area contributed by atoms with Gasteiger partial charge in [-0.1, -0.05) is 31.5 Å². The van der Waals surface area contributed by atoms with Gasteiger partial charge in [-0.2, -0.15) is 0 Å². The van der Waals surface area contributed by atoms with Crippen molar-refractivity contribution in [3.63, 3.8) is 0 Å². The number of halogens is 1. The molecule has 1 heterocycles. The zero-order valence-corrected chi connectivity index (χ0v) is 14.4. The minimum atomic E-state index is -0.302. The third kappa shape index (κ3) is 4.80. The van der Waals surface area contributed by atoms with E-state index in [1.807, 2.05) is 13.8 Å². The fraction of sp³-hybridized carbons (Fsp3) is 0.278. The molecule has 5 nitrogen and oxygen atoms in total. The van der Waals surface area contributed by atoms with Crippen LogP contribution in [0.5, 0.6) is 0 Å². The van der Waals surface area contributed by atoms with Gasteiger partial charge in [-0.25, -0.2) is 4.98 Å². The molecule has 2 rings (SSSR count). The van der Waals surface area contributed by atoms with E-state index >= 15 is 0 Å². The summed E-state index contributed by atoms with van der Waals surface area (Å²) in [6, 6.07) is 10.1. The van der Waals surface area contributed by atoms with Crippen LogP contribution in [0.3, 0.4) is 0 Å². The molecule has 2 aromatic rings. The van der Waals surface area contributed by atoms with Gasteiger partial charge in [-0.3, -0.25) is 9.59 Å². The molecular formula is C18H20ClN3O2. The summed E-state index contributed by atoms with van der Waals surface area (Å²) in [5, 5.41) is 6.05. The molecule has 1 aromatic carbocycles. The van der Waals surface area contributed by atoms with E-state index in [-0.39, 0.29) is 17.7 Å². The van der Waals surface area contributed by atoms with Crippen molar-refractivity contribution in [3.05, 3.63) is 53.2 Å². The van der Waals surface area contributed by atoms with Crippen molar-refractivity contribution in [1.82, 2.24) is 4.98 Å². The minimum absolute atomic E-state index is 0.0271. The standard InChI is InChI=1S/C18H20ClN3O2/c1-3-12(4-2)17(23)21-15-7-5-6-13(10-15)18(24)22-16-9-8-14(19)11-20-16/h5-12H,3-4H2,1-2H3,(H,21,23)(H,20,22,24). The fourth-order valence-electron chi connectivity index (χ4n) is 2.28. The van der Waals surface area contributed by atoms with Gasteiger partial charge in [0, 0.05) is 23.4 Å². The maximum atomic E-state index is 12.3. The third-order valence-corrected chi connectivity index (χ3v) is 3.94. The van der Waals surface area contributed by atoms with Crippen molar-refractivity contribution in [3.8, 4) is 0 Å². The number of carbonyl (C=O) groups is 2. The molecule has 6 heteroatoms. The summed E-state index contributed by atoms with van der Waals surface area (Å²) in [5.74, 6) is 0.0528. The first-order valence-corrected chi connectivity index (χ1v) is 8.25. The first-order valence-electron chi connectivity index (χ1n) is 7.87. The Kier molecular flexibility index (Phi) is 6.32. The number of amides is 2. The number of nitrogens with zero attached hydrogens (tertiary/aromatic N) is 1. The number of pyridine rings is 1. The van der Waals surface area contributed by atoms with Crippen molar-refractivity contribution in [1.29, 1.82) is 0 Å². The minimum Gasteiger partial charge on any atom is -0.326 e. The van der Waals surface area contributed by atoms with Crippen LogP contribution in [0, 0.1) is 5.92 Å². The lowest BCUT2D eigenvalue weighted by atomic mass is 10.0. The Labute approximate surface area is 146 Å². The number of carbonyl (C=O) groups excluding carboxylic acids is 2. The van der Waals surface area contributed by atoms with E-state index in [1.54, 1.807) is 36.4 Å². The molecule has 1 aromatic heterocycles. The lowest BCUT2D eigenvalue weighted by Gasteiger charge is -2.13. The summed E-state index contributed by atoms with van der Waals surface area (Å²) >= 11 is 5.77. The van der Waals surface area contributed by atoms with Gasteiger partial charge in [0.05, 0.1) is 5.02 Å². The van der Waals surface area contributed by atoms with Crippen molar-refractivity contribution in [2.24, 2.45) is 5.92 Å². The van der Waals surface area contributed by atoms with Crippen LogP contribution < -0.4 is 10.6 Å². The van der Waals surface area contributed by atoms with Gasteiger partial charge in [0.1, 0.15) is 5.82 Å². The topological polar surface area (TPSA) is 71.1 Å². The van der Waals surface area contributed by atoms with E-state index in [0.29, 0.717) is 22.1 Å². The maximum absolute atomic E-state index is 12.3. The molecule has 0 spiro atoms. The molecule has 0 saturated heterocycles. The van der Waals surface area contributed by atoms with Crippen molar-refractivity contribution < 1.29 is 9.59 Å². The molecule has 24 heavy (non-hydrogen) atoms. The third-order valence-electron chi connectivity index (χ3n) is 3.72. The SMILES string of the molecule is CCC(CC)C(=O)Nc1cccc(C(=O)Nc2ccc(Cl)cn2)c1. The lowest BCUT2D eigenvalue weighted by Crippen LogP contribution is -2.22. The summed E-state index contributed by atoms with van der Waals surface area (Å²) < 4.78 is 0. The van der Waals surface area contributed by atoms with Crippen LogP contribution in [-0.2, 0) is 4.79 Å². The van der Waals surface area contributed by atoms with Crippen molar-refractivity contribution >= 4 is 34.9 Å². The second kappa shape index (κ2) is 8.45. The fourth-order valence-corrected chi connectivity index (χ4v) is 2.39. The van der Waals surface area contributed by atoms with Gasteiger partial charge in [0.15, 0.2) is 0 Å². The van der Waals surface area contributed by atoms with Crippen molar-refractivity contribution in [2.45, 2.75) is 26.7 Å². The number of anilines is 2. The number of hydrogen-bond acceptors (Lipinski definition) is 3. The van der Waals surface area contributed by atoms with E-state index in [0.717, 1.165) is 12.8 Å². The molecule has 2 amide bonds. The van der Waals surface area contributed by atoms with E-state index in [1.165, 1.54) is 6.20 Å². The van der Waals surface area contributed by atoms with E-state index in [9.17, 15) is 9.59 Å². The van der Waals surface area contributed by atoms with Gasteiger partial charge < -0.3 is 10.6 Å². The van der Waals surface area contributed by atoms with Crippen LogP contribution >= 0.6 is 11.6 Å². The Morgan fingerprint density at radius 2 is 1.88 bits per heavy atom. The summed E-state index contributed by atoms with van der Waals surface area (Å²) in [6.45, 7) is 3.97. The zero-order valence-electron chi connectivity index (χ0n) is 13.7. The number of benzene rings is 1. The Bertz CT molecular complexity index is 712. The van der Waals surface area contributed by atoms with Gasteiger partial charge in [-0.15, -0.1) is 0 Å². The Balaban J connectivity index is 2.07. The van der Waals surface area contributed by atoms with Gasteiger partial charge in [0.2, 0.25) is 5.91 Å². The van der Waals surface area contributed by atoms with E-state index < -0.39 is 0 Å². The molecule has 0 unspecified atom stereocenters. The molecule has 0 radical (unpaired) electrons. The normalized spacial score (nSPS) is 10.5. The summed E-state index contributed by atoms with van der Waals surface area (Å²) in [7, 11) is 0. The van der Waals surface area contributed by atoms with E-state index in [2.05, 4.69) is 15.6 Å². The molecule has 0 aliphatic rings. The molecule has 0 aliphatic heterocycles. The van der Waals surface area contributed by atoms with Gasteiger partial charge >= 0.3 is 0 Å². The average Bonchev–Trinajstić information content (AvgIpc) is 2.58. The lowest BCUT2D eigenvalue weighted by molar-refractivity contribution is -0.120. The molecule has 0 bridgehead atoms. The summed E-state index contributed by atoms with van der Waals surface area (Å²) in [5.41, 5.74) is 1.04. The summed E-state index contributed by atoms with van der Waals surface area (Å²) in [4.78, 5) is 28.5. The molecule has 0 atom stereocenters. The summed E-state index contributed by atoms with van der Waals surface area (Å²) in [6.07, 6.45) is 3.03. The number of nitrogens with one attached hydrogen (secondary N) is 2. The van der Waals surface area contributed by atoms with Crippen LogP contribution in [0.25, 0.3) is 0 Å². The second-order valence-electron chi connectivity index (χ2n) is 5.40. The van der Waals surface area contributed by atoms with Crippen LogP contribution in [0.2, 0.25) is 5.02 Å². The van der Waals surface area contributed by atoms with E-state index in [4.69, 9.17) is 11.6 Å². The first kappa shape index (κ1) is 17.9. The van der Waals surface area contributed by atoms with Gasteiger partial charge in [0.25, 0.3) is 5.91 Å². The molecule has 0 fully saturated rings. The smallest absolute Gasteiger partial charge is 0.256 e. The molecule has 0 saturated carbocycles. The highest BCUT2D eigenvalue weighted by Gasteiger charge is 2.15. The highest BCUT2D eigenvalue weighted by Crippen LogP contribution is 2.16. The van der Waals surface area contributed by atoms with Crippen LogP contribution in [0.15, 0.2) is 42.6 Å². The Morgan fingerprint density at radius 3 is 2.50 bits per heavy atom. The highest BCUT2D eigenvalue weighted by atomic mass is 35.5. The number of hydrogen-bond donors (Lipinski definition) is 2. The average molecular weight is 346 g/mol. The highest BCUT2D eigenvalue weighted by molar-refractivity contribution is 6.30.